The highest BCUT2D eigenvalue weighted by Gasteiger charge is 2.28. The number of carbonyl (C=O) groups is 1. The van der Waals surface area contributed by atoms with E-state index in [1.165, 1.54) is 12.1 Å². The number of ether oxygens (including phenoxy) is 1. The number of benzene rings is 2. The number of para-hydroxylation sites is 1. The van der Waals surface area contributed by atoms with Gasteiger partial charge in [-0.05, 0) is 55.8 Å². The van der Waals surface area contributed by atoms with Crippen LogP contribution in [0.2, 0.25) is 0 Å². The van der Waals surface area contributed by atoms with Crippen LogP contribution in [-0.4, -0.2) is 25.6 Å². The Hall–Kier alpha value is -3.14. The molecule has 0 fully saturated rings. The molecule has 1 N–H and O–H groups in total. The summed E-state index contributed by atoms with van der Waals surface area (Å²) in [7, 11) is 1.75. The number of hydrogen-bond acceptors (Lipinski definition) is 3. The van der Waals surface area contributed by atoms with Gasteiger partial charge in [-0.15, -0.1) is 0 Å². The predicted molar refractivity (Wildman–Crippen MR) is 141 cm³/mol. The number of pyridine rings is 1. The molecule has 4 rings (SSSR count). The summed E-state index contributed by atoms with van der Waals surface area (Å²) < 4.78 is 23.7. The van der Waals surface area contributed by atoms with Gasteiger partial charge in [0.15, 0.2) is 11.4 Å². The number of alkyl halides is 1. The lowest BCUT2D eigenvalue weighted by molar-refractivity contribution is 0.101. The number of carbonyl (C=O) groups excluding carboxylic acids is 1. The summed E-state index contributed by atoms with van der Waals surface area (Å²) in [5.41, 5.74) is 2.50. The molecule has 0 radical (unpaired) electrons. The Balaban J connectivity index is 1.99. The Morgan fingerprint density at radius 1 is 1.15 bits per heavy atom. The molecule has 0 bridgehead atoms. The van der Waals surface area contributed by atoms with Gasteiger partial charge in [0.25, 0.3) is 11.5 Å². The zero-order chi connectivity index (χ0) is 24.4. The molecular weight excluding hydrogens is 548 g/mol. The van der Waals surface area contributed by atoms with Crippen LogP contribution in [0.1, 0.15) is 30.0 Å². The van der Waals surface area contributed by atoms with Gasteiger partial charge in [-0.1, -0.05) is 47.7 Å². The first kappa shape index (κ1) is 24.0. The fourth-order valence-corrected chi connectivity index (χ4v) is 4.14. The molecule has 0 spiro atoms. The van der Waals surface area contributed by atoms with Crippen LogP contribution in [0.5, 0.6) is 5.75 Å². The van der Waals surface area contributed by atoms with E-state index in [0.29, 0.717) is 33.1 Å². The molecule has 0 aliphatic heterocycles. The van der Waals surface area contributed by atoms with Crippen LogP contribution in [0.3, 0.4) is 0 Å². The van der Waals surface area contributed by atoms with Gasteiger partial charge >= 0.3 is 0 Å². The maximum absolute atomic E-state index is 13.9. The smallest absolute Gasteiger partial charge is 0.276 e. The first-order chi connectivity index (χ1) is 16.3. The van der Waals surface area contributed by atoms with E-state index in [9.17, 15) is 14.0 Å². The van der Waals surface area contributed by atoms with Gasteiger partial charge in [0.1, 0.15) is 17.3 Å². The van der Waals surface area contributed by atoms with Crippen LogP contribution in [0.25, 0.3) is 16.6 Å². The van der Waals surface area contributed by atoms with E-state index < -0.39 is 0 Å². The second-order valence-electron chi connectivity index (χ2n) is 8.01. The molecular formula is C26H25FIN3O3. The largest absolute Gasteiger partial charge is 0.487 e. The van der Waals surface area contributed by atoms with Gasteiger partial charge < -0.3 is 14.6 Å². The maximum atomic E-state index is 13.9. The van der Waals surface area contributed by atoms with E-state index in [2.05, 4.69) is 27.9 Å². The molecule has 0 aliphatic carbocycles. The molecule has 34 heavy (non-hydrogen) atoms. The van der Waals surface area contributed by atoms with Gasteiger partial charge in [-0.3, -0.25) is 14.2 Å². The van der Waals surface area contributed by atoms with Crippen molar-refractivity contribution in [1.82, 2.24) is 9.13 Å². The third-order valence-electron chi connectivity index (χ3n) is 5.63. The number of amides is 1. The van der Waals surface area contributed by atoms with E-state index in [1.54, 1.807) is 40.4 Å². The molecule has 1 atom stereocenters. The fourth-order valence-electron chi connectivity index (χ4n) is 3.96. The van der Waals surface area contributed by atoms with Gasteiger partial charge in [0.05, 0.1) is 5.52 Å². The normalized spacial score (nSPS) is 12.0. The number of nitrogens with zero attached hydrogens (tertiary/aromatic N) is 2. The Bertz CT molecular complexity index is 1400. The molecule has 176 valence electrons. The second-order valence-corrected chi connectivity index (χ2v) is 8.89. The lowest BCUT2D eigenvalue weighted by Gasteiger charge is -2.15. The molecule has 2 aromatic carbocycles. The number of aryl methyl sites for hydroxylation is 2. The summed E-state index contributed by atoms with van der Waals surface area (Å²) in [6.45, 7) is 3.84. The predicted octanol–water partition coefficient (Wildman–Crippen LogP) is 5.49. The Morgan fingerprint density at radius 2 is 1.82 bits per heavy atom. The third kappa shape index (κ3) is 4.46. The molecule has 8 heteroatoms. The van der Waals surface area contributed by atoms with Crippen LogP contribution in [0, 0.1) is 5.82 Å². The number of fused-ring (bicyclic) bond motifs is 1. The van der Waals surface area contributed by atoms with Crippen molar-refractivity contribution < 1.29 is 13.9 Å². The molecule has 0 saturated heterocycles. The lowest BCUT2D eigenvalue weighted by atomic mass is 10.2. The molecule has 4 aromatic rings. The zero-order valence-electron chi connectivity index (χ0n) is 19.1. The number of nitrogens with one attached hydrogen (secondary N) is 1. The van der Waals surface area contributed by atoms with Crippen molar-refractivity contribution in [3.8, 4) is 11.4 Å². The van der Waals surface area contributed by atoms with Gasteiger partial charge in [0.2, 0.25) is 0 Å². The fraction of sp³-hybridized carbons (Fsp3) is 0.231. The Kier molecular flexibility index (Phi) is 7.06. The molecule has 6 nitrogen and oxygen atoms in total. The van der Waals surface area contributed by atoms with Crippen molar-refractivity contribution >= 4 is 45.1 Å². The number of rotatable bonds is 7. The average Bonchev–Trinajstić information content (AvgIpc) is 3.11. The van der Waals surface area contributed by atoms with E-state index in [4.69, 9.17) is 4.74 Å². The van der Waals surface area contributed by atoms with E-state index >= 15 is 0 Å². The van der Waals surface area contributed by atoms with Gasteiger partial charge in [0, 0.05) is 28.5 Å². The molecule has 2 heterocycles. The first-order valence-electron chi connectivity index (χ1n) is 11.0. The first-order valence-corrected chi connectivity index (χ1v) is 12.5. The zero-order valence-corrected chi connectivity index (χ0v) is 21.3. The minimum Gasteiger partial charge on any atom is -0.487 e. The topological polar surface area (TPSA) is 65.3 Å². The van der Waals surface area contributed by atoms with Crippen molar-refractivity contribution in [2.45, 2.75) is 26.4 Å². The van der Waals surface area contributed by atoms with E-state index in [1.807, 2.05) is 38.1 Å². The number of aromatic nitrogens is 2. The van der Waals surface area contributed by atoms with Crippen molar-refractivity contribution in [2.24, 2.45) is 7.05 Å². The van der Waals surface area contributed by atoms with E-state index in [0.717, 1.165) is 5.69 Å². The standard InChI is InChI=1S/C26H25FIN3O3/c1-4-19-14-21-22(26(33)31(19)20-12-10-17(27)11-13-20)24(34-16(2)15-28)23(30(21)3)25(32)29-18-8-6-5-7-9-18/h5-14,16H,4,15H2,1-3H3,(H,29,32). The highest BCUT2D eigenvalue weighted by atomic mass is 127. The summed E-state index contributed by atoms with van der Waals surface area (Å²) >= 11 is 2.21. The summed E-state index contributed by atoms with van der Waals surface area (Å²) in [5, 5.41) is 3.22. The summed E-state index contributed by atoms with van der Waals surface area (Å²) in [4.78, 5) is 27.3. The van der Waals surface area contributed by atoms with E-state index in [-0.39, 0.29) is 34.8 Å². The molecule has 1 amide bonds. The maximum Gasteiger partial charge on any atom is 0.276 e. The number of anilines is 1. The van der Waals surface area contributed by atoms with Crippen molar-refractivity contribution in [1.29, 1.82) is 0 Å². The van der Waals surface area contributed by atoms with Crippen molar-refractivity contribution in [2.75, 3.05) is 9.74 Å². The van der Waals surface area contributed by atoms with Crippen LogP contribution < -0.4 is 15.6 Å². The summed E-state index contributed by atoms with van der Waals surface area (Å²) in [6, 6.07) is 16.8. The van der Waals surface area contributed by atoms with Crippen LogP contribution in [-0.2, 0) is 13.5 Å². The third-order valence-corrected chi connectivity index (χ3v) is 6.87. The van der Waals surface area contributed by atoms with Crippen molar-refractivity contribution in [3.63, 3.8) is 0 Å². The number of halogens is 2. The SMILES string of the molecule is CCc1cc2c(c(OC(C)CI)c(C(=O)Nc3ccccc3)n2C)c(=O)n1-c1ccc(F)cc1. The molecule has 0 saturated carbocycles. The highest BCUT2D eigenvalue weighted by Crippen LogP contribution is 2.33. The molecule has 0 aliphatic rings. The summed E-state index contributed by atoms with van der Waals surface area (Å²) in [6.07, 6.45) is 0.346. The Morgan fingerprint density at radius 3 is 2.44 bits per heavy atom. The van der Waals surface area contributed by atoms with Gasteiger partial charge in [-0.2, -0.15) is 0 Å². The number of hydrogen-bond donors (Lipinski definition) is 1. The lowest BCUT2D eigenvalue weighted by Crippen LogP contribution is -2.23. The van der Waals surface area contributed by atoms with Gasteiger partial charge in [-0.25, -0.2) is 4.39 Å². The summed E-state index contributed by atoms with van der Waals surface area (Å²) in [5.74, 6) is -0.500. The quantitative estimate of drug-likeness (QED) is 0.235. The van der Waals surface area contributed by atoms with Crippen LogP contribution >= 0.6 is 22.6 Å². The average molecular weight is 573 g/mol. The molecule has 2 aromatic heterocycles. The Labute approximate surface area is 210 Å². The second kappa shape index (κ2) is 10.0. The van der Waals surface area contributed by atoms with Crippen molar-refractivity contribution in [3.05, 3.63) is 88.2 Å². The van der Waals surface area contributed by atoms with Crippen LogP contribution in [0.4, 0.5) is 10.1 Å². The monoisotopic (exact) mass is 573 g/mol. The minimum absolute atomic E-state index is 0.223. The highest BCUT2D eigenvalue weighted by molar-refractivity contribution is 14.1. The van der Waals surface area contributed by atoms with Crippen LogP contribution in [0.15, 0.2) is 65.5 Å². The minimum atomic E-state index is -0.379. The molecule has 1 unspecified atom stereocenters.